The Bertz CT molecular complexity index is 1280. The molecule has 0 spiro atoms. The van der Waals surface area contributed by atoms with Gasteiger partial charge in [-0.25, -0.2) is 13.4 Å². The van der Waals surface area contributed by atoms with Gasteiger partial charge in [0.2, 0.25) is 0 Å². The van der Waals surface area contributed by atoms with Gasteiger partial charge < -0.3 is 4.57 Å². The molecule has 0 aliphatic rings. The van der Waals surface area contributed by atoms with Crippen LogP contribution < -0.4 is 4.72 Å². The summed E-state index contributed by atoms with van der Waals surface area (Å²) in [5, 5.41) is 2.21. The normalized spacial score (nSPS) is 12.0. The highest BCUT2D eigenvalue weighted by molar-refractivity contribution is 7.92. The minimum Gasteiger partial charge on any atom is -0.341 e. The van der Waals surface area contributed by atoms with Crippen LogP contribution in [0.15, 0.2) is 59.6 Å². The lowest BCUT2D eigenvalue weighted by molar-refractivity contribution is 0.601. The van der Waals surface area contributed by atoms with Crippen molar-refractivity contribution in [1.29, 1.82) is 0 Å². The highest BCUT2D eigenvalue weighted by atomic mass is 35.5. The van der Waals surface area contributed by atoms with Crippen LogP contribution in [0.1, 0.15) is 6.92 Å². The third-order valence-electron chi connectivity index (χ3n) is 4.42. The van der Waals surface area contributed by atoms with Crippen molar-refractivity contribution in [1.82, 2.24) is 9.55 Å². The van der Waals surface area contributed by atoms with Gasteiger partial charge in [0.1, 0.15) is 10.0 Å². The van der Waals surface area contributed by atoms with Crippen LogP contribution >= 0.6 is 23.2 Å². The van der Waals surface area contributed by atoms with Crippen molar-refractivity contribution in [3.63, 3.8) is 0 Å². The number of rotatable bonds is 4. The molecule has 27 heavy (non-hydrogen) atoms. The van der Waals surface area contributed by atoms with Crippen LogP contribution in [0.5, 0.6) is 0 Å². The summed E-state index contributed by atoms with van der Waals surface area (Å²) in [7, 11) is -3.84. The van der Waals surface area contributed by atoms with Crippen molar-refractivity contribution in [3.05, 3.63) is 64.9 Å². The van der Waals surface area contributed by atoms with Gasteiger partial charge in [-0.2, -0.15) is 0 Å². The van der Waals surface area contributed by atoms with E-state index in [1.54, 1.807) is 6.07 Å². The molecule has 8 heteroatoms. The van der Waals surface area contributed by atoms with E-state index in [9.17, 15) is 8.42 Å². The van der Waals surface area contributed by atoms with Crippen molar-refractivity contribution in [3.8, 4) is 0 Å². The second-order valence-corrected chi connectivity index (χ2v) is 8.49. The molecule has 0 atom stereocenters. The number of pyridine rings is 1. The molecule has 0 aliphatic heterocycles. The number of hydrogen-bond donors (Lipinski definition) is 1. The van der Waals surface area contributed by atoms with Crippen molar-refractivity contribution in [2.45, 2.75) is 18.4 Å². The highest BCUT2D eigenvalue weighted by Crippen LogP contribution is 2.32. The van der Waals surface area contributed by atoms with Crippen molar-refractivity contribution in [2.24, 2.45) is 0 Å². The minimum absolute atomic E-state index is 0.0482. The molecule has 0 amide bonds. The molecule has 2 heterocycles. The standard InChI is InChI=1S/C19H15Cl2N3O2S/c1-2-24-17-6-4-3-5-14(17)15-9-12(7-8-18(15)24)23-27(25,26)13-10-16(20)19(21)22-11-13/h3-11,23H,2H2,1H3. The van der Waals surface area contributed by atoms with E-state index >= 15 is 0 Å². The Kier molecular flexibility index (Phi) is 4.50. The number of nitrogens with one attached hydrogen (secondary N) is 1. The molecule has 2 aromatic heterocycles. The molecule has 0 aliphatic carbocycles. The molecule has 0 saturated carbocycles. The molecule has 2 aromatic carbocycles. The van der Waals surface area contributed by atoms with E-state index in [4.69, 9.17) is 23.2 Å². The number of aromatic nitrogens is 2. The lowest BCUT2D eigenvalue weighted by atomic mass is 10.1. The number of aryl methyl sites for hydroxylation is 1. The van der Waals surface area contributed by atoms with Crippen LogP contribution in [0.2, 0.25) is 10.2 Å². The van der Waals surface area contributed by atoms with E-state index in [0.29, 0.717) is 5.69 Å². The predicted molar refractivity (Wildman–Crippen MR) is 110 cm³/mol. The Hall–Kier alpha value is -2.28. The smallest absolute Gasteiger partial charge is 0.263 e. The zero-order valence-corrected chi connectivity index (χ0v) is 16.6. The van der Waals surface area contributed by atoms with Gasteiger partial charge in [-0.15, -0.1) is 0 Å². The SMILES string of the molecule is CCn1c2ccccc2c2cc(NS(=O)(=O)c3cnc(Cl)c(Cl)c3)ccc21. The molecular weight excluding hydrogens is 405 g/mol. The first-order chi connectivity index (χ1) is 12.9. The third-order valence-corrected chi connectivity index (χ3v) is 6.46. The van der Waals surface area contributed by atoms with E-state index in [0.717, 1.165) is 28.4 Å². The molecule has 0 radical (unpaired) electrons. The zero-order valence-electron chi connectivity index (χ0n) is 14.3. The lowest BCUT2D eigenvalue weighted by Crippen LogP contribution is -2.13. The van der Waals surface area contributed by atoms with E-state index in [1.165, 1.54) is 12.3 Å². The number of nitrogens with zero attached hydrogens (tertiary/aromatic N) is 2. The number of halogens is 2. The fourth-order valence-electron chi connectivity index (χ4n) is 3.22. The van der Waals surface area contributed by atoms with Crippen LogP contribution in [-0.4, -0.2) is 18.0 Å². The maximum Gasteiger partial charge on any atom is 0.263 e. The van der Waals surface area contributed by atoms with E-state index < -0.39 is 10.0 Å². The van der Waals surface area contributed by atoms with E-state index in [-0.39, 0.29) is 15.1 Å². The Labute approximate surface area is 166 Å². The second kappa shape index (κ2) is 6.71. The van der Waals surface area contributed by atoms with E-state index in [2.05, 4.69) is 27.3 Å². The quantitative estimate of drug-likeness (QED) is 0.455. The van der Waals surface area contributed by atoms with Crippen molar-refractivity contribution in [2.75, 3.05) is 4.72 Å². The van der Waals surface area contributed by atoms with Crippen LogP contribution in [0.25, 0.3) is 21.8 Å². The van der Waals surface area contributed by atoms with Gasteiger partial charge in [-0.3, -0.25) is 4.72 Å². The third kappa shape index (κ3) is 3.14. The first-order valence-electron chi connectivity index (χ1n) is 8.25. The van der Waals surface area contributed by atoms with E-state index in [1.807, 2.05) is 30.3 Å². The van der Waals surface area contributed by atoms with Gasteiger partial charge in [-0.1, -0.05) is 41.4 Å². The summed E-state index contributed by atoms with van der Waals surface area (Å²) in [6.07, 6.45) is 1.18. The molecule has 0 unspecified atom stereocenters. The van der Waals surface area contributed by atoms with Crippen LogP contribution in [0.4, 0.5) is 5.69 Å². The molecule has 0 bridgehead atoms. The highest BCUT2D eigenvalue weighted by Gasteiger charge is 2.18. The van der Waals surface area contributed by atoms with Gasteiger partial charge in [0.05, 0.1) is 5.02 Å². The maximum absolute atomic E-state index is 12.7. The number of fused-ring (bicyclic) bond motifs is 3. The average Bonchev–Trinajstić information content (AvgIpc) is 2.96. The molecule has 0 fully saturated rings. The summed E-state index contributed by atoms with van der Waals surface area (Å²) in [5.74, 6) is 0. The minimum atomic E-state index is -3.84. The number of anilines is 1. The van der Waals surface area contributed by atoms with Crippen LogP contribution in [-0.2, 0) is 16.6 Å². The van der Waals surface area contributed by atoms with Crippen molar-refractivity contribution < 1.29 is 8.42 Å². The average molecular weight is 420 g/mol. The largest absolute Gasteiger partial charge is 0.341 e. The predicted octanol–water partition coefficient (Wildman–Crippen LogP) is 5.32. The molecule has 138 valence electrons. The molecule has 4 rings (SSSR count). The first kappa shape index (κ1) is 18.1. The van der Waals surface area contributed by atoms with Gasteiger partial charge >= 0.3 is 0 Å². The monoisotopic (exact) mass is 419 g/mol. The number of benzene rings is 2. The topological polar surface area (TPSA) is 64.0 Å². The Morgan fingerprint density at radius 1 is 1.04 bits per heavy atom. The molecule has 5 nitrogen and oxygen atoms in total. The number of sulfonamides is 1. The lowest BCUT2D eigenvalue weighted by Gasteiger charge is -2.09. The van der Waals surface area contributed by atoms with Crippen LogP contribution in [0, 0.1) is 0 Å². The molecule has 0 saturated heterocycles. The first-order valence-corrected chi connectivity index (χ1v) is 10.5. The Balaban J connectivity index is 1.80. The summed E-state index contributed by atoms with van der Waals surface area (Å²) in [5.41, 5.74) is 2.63. The fourth-order valence-corrected chi connectivity index (χ4v) is 4.58. The summed E-state index contributed by atoms with van der Waals surface area (Å²) in [6, 6.07) is 14.8. The van der Waals surface area contributed by atoms with Gasteiger partial charge in [-0.05, 0) is 37.3 Å². The van der Waals surface area contributed by atoms with Gasteiger partial charge in [0, 0.05) is 40.2 Å². The van der Waals surface area contributed by atoms with Crippen molar-refractivity contribution >= 4 is 60.7 Å². The molecular formula is C19H15Cl2N3O2S. The molecule has 4 aromatic rings. The van der Waals surface area contributed by atoms with Gasteiger partial charge in [0.25, 0.3) is 10.0 Å². The number of hydrogen-bond acceptors (Lipinski definition) is 3. The number of para-hydroxylation sites is 1. The summed E-state index contributed by atoms with van der Waals surface area (Å²) in [4.78, 5) is 3.75. The summed E-state index contributed by atoms with van der Waals surface area (Å²) < 4.78 is 30.1. The summed E-state index contributed by atoms with van der Waals surface area (Å²) >= 11 is 11.7. The maximum atomic E-state index is 12.7. The molecule has 1 N–H and O–H groups in total. The second-order valence-electron chi connectivity index (χ2n) is 6.04. The zero-order chi connectivity index (χ0) is 19.2. The van der Waals surface area contributed by atoms with Gasteiger partial charge in [0.15, 0.2) is 0 Å². The Morgan fingerprint density at radius 3 is 2.52 bits per heavy atom. The fraction of sp³-hybridized carbons (Fsp3) is 0.105. The summed E-state index contributed by atoms with van der Waals surface area (Å²) in [6.45, 7) is 2.91. The Morgan fingerprint density at radius 2 is 1.78 bits per heavy atom. The van der Waals surface area contributed by atoms with Crippen LogP contribution in [0.3, 0.4) is 0 Å².